The first-order valence-electron chi connectivity index (χ1n) is 1.94. The van der Waals surface area contributed by atoms with Crippen LogP contribution in [0.2, 0.25) is 0 Å². The molecule has 0 aromatic heterocycles. The minimum Gasteiger partial charge on any atom is -0.120 e. The van der Waals surface area contributed by atoms with Crippen LogP contribution in [0.3, 0.4) is 0 Å². The SMILES string of the molecule is C=CN(C)[N+](C)=O. The van der Waals surface area contributed by atoms with Gasteiger partial charge in [-0.15, -0.1) is 5.01 Å². The van der Waals surface area contributed by atoms with Crippen molar-refractivity contribution in [3.63, 3.8) is 0 Å². The summed E-state index contributed by atoms with van der Waals surface area (Å²) in [6, 6.07) is 0. The Morgan fingerprint density at radius 2 is 2.29 bits per heavy atom. The van der Waals surface area contributed by atoms with Gasteiger partial charge in [0.25, 0.3) is 0 Å². The summed E-state index contributed by atoms with van der Waals surface area (Å²) in [5.74, 6) is 0. The van der Waals surface area contributed by atoms with Gasteiger partial charge in [0.2, 0.25) is 7.05 Å². The third-order valence-corrected chi connectivity index (χ3v) is 0.708. The molecule has 0 bridgehead atoms. The summed E-state index contributed by atoms with van der Waals surface area (Å²) in [5.41, 5.74) is 0. The Balaban J connectivity index is 3.55. The molecule has 0 aliphatic heterocycles. The Morgan fingerprint density at radius 1 is 1.86 bits per heavy atom. The van der Waals surface area contributed by atoms with Gasteiger partial charge in [0.15, 0.2) is 0 Å². The van der Waals surface area contributed by atoms with Gasteiger partial charge in [0.1, 0.15) is 4.87 Å². The van der Waals surface area contributed by atoms with Gasteiger partial charge in [-0.25, -0.2) is 0 Å². The second kappa shape index (κ2) is 2.34. The van der Waals surface area contributed by atoms with Crippen molar-refractivity contribution in [3.05, 3.63) is 17.7 Å². The molecule has 0 heterocycles. The maximum Gasteiger partial charge on any atom is 0.216 e. The van der Waals surface area contributed by atoms with E-state index in [4.69, 9.17) is 0 Å². The molecule has 40 valence electrons. The Morgan fingerprint density at radius 3 is 2.29 bits per heavy atom. The molecule has 0 aromatic carbocycles. The first-order valence-corrected chi connectivity index (χ1v) is 1.94. The second-order valence-corrected chi connectivity index (χ2v) is 1.22. The maximum atomic E-state index is 10.1. The molecule has 0 aliphatic carbocycles. The van der Waals surface area contributed by atoms with Crippen LogP contribution in [-0.2, 0) is 0 Å². The molecule has 0 atom stereocenters. The molecule has 3 heteroatoms. The smallest absolute Gasteiger partial charge is 0.120 e. The fourth-order valence-electron chi connectivity index (χ4n) is 0.115. The number of nitrogens with zero attached hydrogens (tertiary/aromatic N) is 2. The van der Waals surface area contributed by atoms with Crippen LogP contribution >= 0.6 is 0 Å². The zero-order valence-electron chi connectivity index (χ0n) is 4.59. The van der Waals surface area contributed by atoms with E-state index in [0.717, 1.165) is 0 Å². The van der Waals surface area contributed by atoms with E-state index in [2.05, 4.69) is 6.58 Å². The summed E-state index contributed by atoms with van der Waals surface area (Å²) in [5, 5.41) is 1.33. The summed E-state index contributed by atoms with van der Waals surface area (Å²) in [4.78, 5) is 10.8. The van der Waals surface area contributed by atoms with E-state index >= 15 is 0 Å². The molecule has 0 fully saturated rings. The second-order valence-electron chi connectivity index (χ2n) is 1.22. The summed E-state index contributed by atoms with van der Waals surface area (Å²) in [6.45, 7) is 3.37. The molecule has 0 rings (SSSR count). The van der Waals surface area contributed by atoms with E-state index in [1.165, 1.54) is 18.3 Å². The lowest BCUT2D eigenvalue weighted by Gasteiger charge is -1.94. The molecule has 0 unspecified atom stereocenters. The van der Waals surface area contributed by atoms with Crippen molar-refractivity contribution >= 4 is 0 Å². The van der Waals surface area contributed by atoms with Gasteiger partial charge in [-0.2, -0.15) is 0 Å². The highest BCUT2D eigenvalue weighted by atomic mass is 16.3. The quantitative estimate of drug-likeness (QED) is 0.371. The standard InChI is InChI=1S/C4H9N2O/c1-4-5(2)6(3)7/h4H,1H2,2-3H3/q+1. The molecule has 7 heavy (non-hydrogen) atoms. The highest BCUT2D eigenvalue weighted by Gasteiger charge is 1.98. The van der Waals surface area contributed by atoms with Crippen LogP contribution in [0.15, 0.2) is 12.8 Å². The van der Waals surface area contributed by atoms with Crippen molar-refractivity contribution in [2.75, 3.05) is 14.1 Å². The molecular formula is C4H9N2O+. The minimum atomic E-state index is 0.688. The Hall–Kier alpha value is -0.860. The molecule has 0 aromatic rings. The van der Waals surface area contributed by atoms with E-state index in [9.17, 15) is 4.91 Å². The van der Waals surface area contributed by atoms with Crippen molar-refractivity contribution in [2.24, 2.45) is 0 Å². The largest absolute Gasteiger partial charge is 0.216 e. The molecule has 0 saturated carbocycles. The topological polar surface area (TPSA) is 23.3 Å². The summed E-state index contributed by atoms with van der Waals surface area (Å²) >= 11 is 0. The highest BCUT2D eigenvalue weighted by molar-refractivity contribution is 4.54. The summed E-state index contributed by atoms with van der Waals surface area (Å²) < 4.78 is 0. The van der Waals surface area contributed by atoms with Crippen LogP contribution in [0.4, 0.5) is 0 Å². The first-order chi connectivity index (χ1) is 3.18. The summed E-state index contributed by atoms with van der Waals surface area (Å²) in [7, 11) is 3.03. The molecule has 0 radical (unpaired) electrons. The van der Waals surface area contributed by atoms with Crippen molar-refractivity contribution in [3.8, 4) is 0 Å². The average molecular weight is 101 g/mol. The predicted molar refractivity (Wildman–Crippen MR) is 27.5 cm³/mol. The predicted octanol–water partition coefficient (Wildman–Crippen LogP) is 0.385. The lowest BCUT2D eigenvalue weighted by atomic mass is 10.9. The Kier molecular flexibility index (Phi) is 2.05. The van der Waals surface area contributed by atoms with E-state index in [1.807, 2.05) is 0 Å². The highest BCUT2D eigenvalue weighted by Crippen LogP contribution is 1.75. The van der Waals surface area contributed by atoms with Gasteiger partial charge in [0, 0.05) is 0 Å². The fourth-order valence-corrected chi connectivity index (χ4v) is 0.115. The molecule has 0 spiro atoms. The van der Waals surface area contributed by atoms with Gasteiger partial charge in [0.05, 0.1) is 18.2 Å². The lowest BCUT2D eigenvalue weighted by Crippen LogP contribution is -2.19. The van der Waals surface area contributed by atoms with E-state index in [1.54, 1.807) is 7.05 Å². The molecule has 3 nitrogen and oxygen atoms in total. The molecular weight excluding hydrogens is 92.1 g/mol. The van der Waals surface area contributed by atoms with Gasteiger partial charge < -0.3 is 0 Å². The third kappa shape index (κ3) is 1.92. The van der Waals surface area contributed by atoms with Crippen LogP contribution in [0.25, 0.3) is 0 Å². The van der Waals surface area contributed by atoms with E-state index < -0.39 is 0 Å². The van der Waals surface area contributed by atoms with Gasteiger partial charge in [-0.3, -0.25) is 0 Å². The number of hydrazine groups is 1. The van der Waals surface area contributed by atoms with Crippen LogP contribution in [0.1, 0.15) is 0 Å². The Labute approximate surface area is 42.8 Å². The van der Waals surface area contributed by atoms with Crippen molar-refractivity contribution in [1.82, 2.24) is 5.01 Å². The van der Waals surface area contributed by atoms with Crippen LogP contribution in [0.5, 0.6) is 0 Å². The van der Waals surface area contributed by atoms with Crippen molar-refractivity contribution in [2.45, 2.75) is 0 Å². The van der Waals surface area contributed by atoms with E-state index in [0.29, 0.717) is 4.87 Å². The van der Waals surface area contributed by atoms with Crippen molar-refractivity contribution in [1.29, 1.82) is 0 Å². The van der Waals surface area contributed by atoms with Crippen LogP contribution in [0, 0.1) is 4.91 Å². The Bertz CT molecular complexity index is 89.7. The lowest BCUT2D eigenvalue weighted by molar-refractivity contribution is -0.664. The minimum absolute atomic E-state index is 0.688. The van der Waals surface area contributed by atoms with E-state index in [-0.39, 0.29) is 0 Å². The van der Waals surface area contributed by atoms with Gasteiger partial charge in [-0.05, 0) is 0 Å². The molecule has 0 aliphatic rings. The van der Waals surface area contributed by atoms with Gasteiger partial charge in [-0.1, -0.05) is 6.58 Å². The maximum absolute atomic E-state index is 10.1. The number of hydrogen-bond acceptors (Lipinski definition) is 1. The molecule has 0 saturated heterocycles. The first kappa shape index (κ1) is 6.14. The normalized spacial score (nSPS) is 7.71. The molecule has 0 N–H and O–H groups in total. The van der Waals surface area contributed by atoms with Gasteiger partial charge >= 0.3 is 0 Å². The average Bonchev–Trinajstić information content (AvgIpc) is 1.65. The zero-order valence-corrected chi connectivity index (χ0v) is 4.59. The third-order valence-electron chi connectivity index (χ3n) is 0.708. The summed E-state index contributed by atoms with van der Waals surface area (Å²) in [6.07, 6.45) is 1.44. The molecule has 0 amide bonds. The monoisotopic (exact) mass is 101 g/mol. The van der Waals surface area contributed by atoms with Crippen LogP contribution < -0.4 is 0 Å². The number of rotatable bonds is 2. The number of hydrogen-bond donors (Lipinski definition) is 0. The van der Waals surface area contributed by atoms with Crippen LogP contribution in [-0.4, -0.2) is 24.0 Å². The number of nitroso groups, excluding NO2 is 1. The van der Waals surface area contributed by atoms with Crippen molar-refractivity contribution < 1.29 is 4.87 Å². The fraction of sp³-hybridized carbons (Fsp3) is 0.500. The zero-order chi connectivity index (χ0) is 5.86.